The lowest BCUT2D eigenvalue weighted by Gasteiger charge is -2.47. The third kappa shape index (κ3) is 4.80. The molecule has 2 N–H and O–H groups in total. The Morgan fingerprint density at radius 1 is 1.16 bits per heavy atom. The van der Waals surface area contributed by atoms with Gasteiger partial charge in [0.1, 0.15) is 5.60 Å². The van der Waals surface area contributed by atoms with E-state index in [-0.39, 0.29) is 11.7 Å². The number of hydrogen-bond donors (Lipinski definition) is 1. The van der Waals surface area contributed by atoms with Crippen LogP contribution in [-0.2, 0) is 9.47 Å². The normalized spacial score (nSPS) is 18.6. The maximum absolute atomic E-state index is 12.6. The average Bonchev–Trinajstić information content (AvgIpc) is 2.74. The molecule has 0 saturated carbocycles. The molecule has 172 valence electrons. The minimum atomic E-state index is -0.507. The van der Waals surface area contributed by atoms with Crippen LogP contribution in [0.5, 0.6) is 0 Å². The number of ether oxygens (including phenoxy) is 2. The molecule has 2 aromatic rings. The molecule has 8 nitrogen and oxygen atoms in total. The summed E-state index contributed by atoms with van der Waals surface area (Å²) in [6.45, 7) is 10.9. The first-order valence-corrected chi connectivity index (χ1v) is 11.2. The summed E-state index contributed by atoms with van der Waals surface area (Å²) in [5.41, 5.74) is 9.27. The van der Waals surface area contributed by atoms with Crippen molar-refractivity contribution in [2.45, 2.75) is 51.7 Å². The summed E-state index contributed by atoms with van der Waals surface area (Å²) in [6, 6.07) is 10.2. The summed E-state index contributed by atoms with van der Waals surface area (Å²) in [5, 5.41) is 8.55. The molecule has 4 rings (SSSR count). The molecule has 2 saturated heterocycles. The predicted octanol–water partition coefficient (Wildman–Crippen LogP) is 3.64. The number of carbonyl (C=O) groups excluding carboxylic acids is 1. The van der Waals surface area contributed by atoms with Crippen LogP contribution >= 0.6 is 0 Å². The molecule has 3 heterocycles. The Bertz CT molecular complexity index is 980. The third-order valence-electron chi connectivity index (χ3n) is 6.14. The Kier molecular flexibility index (Phi) is 5.99. The molecule has 0 unspecified atom stereocenters. The number of aromatic nitrogens is 2. The summed E-state index contributed by atoms with van der Waals surface area (Å²) in [4.78, 5) is 16.6. The number of carbonyl (C=O) groups is 1. The number of piperidine rings is 1. The molecule has 2 fully saturated rings. The van der Waals surface area contributed by atoms with E-state index in [2.05, 4.69) is 28.1 Å². The van der Waals surface area contributed by atoms with Gasteiger partial charge in [0.05, 0.1) is 30.1 Å². The van der Waals surface area contributed by atoms with Crippen molar-refractivity contribution in [2.24, 2.45) is 0 Å². The largest absolute Gasteiger partial charge is 0.444 e. The molecule has 1 amide bonds. The van der Waals surface area contributed by atoms with E-state index in [9.17, 15) is 4.79 Å². The highest BCUT2D eigenvalue weighted by atomic mass is 16.6. The standard InChI is InChI=1S/C24H33N5O3/c1-17-7-5-6-8-18(17)19-15-20(21(25)27-26-19)28-11-9-24(10-12-28)16-29(13-14-31-24)22(30)32-23(2,3)4/h5-8,15H,9-14,16H2,1-4H3,(H2,25,27). The van der Waals surface area contributed by atoms with Crippen molar-refractivity contribution < 1.29 is 14.3 Å². The number of aryl methyl sites for hydroxylation is 1. The highest BCUT2D eigenvalue weighted by molar-refractivity contribution is 5.72. The van der Waals surface area contributed by atoms with Crippen molar-refractivity contribution in [2.75, 3.05) is 43.4 Å². The number of morpholine rings is 1. The molecule has 32 heavy (non-hydrogen) atoms. The van der Waals surface area contributed by atoms with E-state index in [1.807, 2.05) is 45.0 Å². The summed E-state index contributed by atoms with van der Waals surface area (Å²) in [6.07, 6.45) is 1.33. The van der Waals surface area contributed by atoms with Gasteiger partial charge < -0.3 is 25.0 Å². The highest BCUT2D eigenvalue weighted by Gasteiger charge is 2.42. The molecule has 0 radical (unpaired) electrons. The Balaban J connectivity index is 1.46. The third-order valence-corrected chi connectivity index (χ3v) is 6.14. The maximum Gasteiger partial charge on any atom is 0.410 e. The van der Waals surface area contributed by atoms with Gasteiger partial charge >= 0.3 is 6.09 Å². The molecule has 0 atom stereocenters. The molecule has 8 heteroatoms. The van der Waals surface area contributed by atoms with Crippen LogP contribution < -0.4 is 10.6 Å². The van der Waals surface area contributed by atoms with Gasteiger partial charge in [0.15, 0.2) is 5.82 Å². The lowest BCUT2D eigenvalue weighted by atomic mass is 9.89. The topological polar surface area (TPSA) is 93.8 Å². The van der Waals surface area contributed by atoms with Gasteiger partial charge in [0, 0.05) is 25.2 Å². The van der Waals surface area contributed by atoms with E-state index in [0.29, 0.717) is 25.5 Å². The zero-order valence-electron chi connectivity index (χ0n) is 19.4. The molecule has 0 aliphatic carbocycles. The minimum Gasteiger partial charge on any atom is -0.444 e. The van der Waals surface area contributed by atoms with Crippen LogP contribution in [0.25, 0.3) is 11.3 Å². The summed E-state index contributed by atoms with van der Waals surface area (Å²) >= 11 is 0. The van der Waals surface area contributed by atoms with Crippen LogP contribution in [0.4, 0.5) is 16.3 Å². The van der Waals surface area contributed by atoms with E-state index >= 15 is 0 Å². The number of hydrogen-bond acceptors (Lipinski definition) is 7. The van der Waals surface area contributed by atoms with Crippen LogP contribution in [0.15, 0.2) is 30.3 Å². The summed E-state index contributed by atoms with van der Waals surface area (Å²) < 4.78 is 11.8. The van der Waals surface area contributed by atoms with Crippen LogP contribution in [0.1, 0.15) is 39.2 Å². The van der Waals surface area contributed by atoms with Crippen molar-refractivity contribution in [3.63, 3.8) is 0 Å². The van der Waals surface area contributed by atoms with E-state index in [4.69, 9.17) is 15.2 Å². The summed E-state index contributed by atoms with van der Waals surface area (Å²) in [7, 11) is 0. The Morgan fingerprint density at radius 2 is 1.88 bits per heavy atom. The first kappa shape index (κ1) is 22.3. The van der Waals surface area contributed by atoms with Crippen LogP contribution in [0.2, 0.25) is 0 Å². The maximum atomic E-state index is 12.6. The molecule has 0 bridgehead atoms. The highest BCUT2D eigenvalue weighted by Crippen LogP contribution is 2.35. The molecular weight excluding hydrogens is 406 g/mol. The van der Waals surface area contributed by atoms with Gasteiger partial charge in [-0.05, 0) is 52.2 Å². The Hall–Kier alpha value is -2.87. The Morgan fingerprint density at radius 3 is 2.56 bits per heavy atom. The lowest BCUT2D eigenvalue weighted by molar-refractivity contribution is -0.119. The van der Waals surface area contributed by atoms with E-state index in [1.54, 1.807) is 4.90 Å². The predicted molar refractivity (Wildman–Crippen MR) is 125 cm³/mol. The van der Waals surface area contributed by atoms with Crippen molar-refractivity contribution >= 4 is 17.6 Å². The average molecular weight is 440 g/mol. The van der Waals surface area contributed by atoms with Gasteiger partial charge in [-0.2, -0.15) is 0 Å². The second kappa shape index (κ2) is 8.58. The number of rotatable bonds is 2. The van der Waals surface area contributed by atoms with Gasteiger partial charge in [-0.25, -0.2) is 4.79 Å². The smallest absolute Gasteiger partial charge is 0.410 e. The van der Waals surface area contributed by atoms with Gasteiger partial charge in [-0.15, -0.1) is 10.2 Å². The molecule has 2 aliphatic rings. The second-order valence-corrected chi connectivity index (χ2v) is 9.74. The van der Waals surface area contributed by atoms with Crippen molar-refractivity contribution in [1.29, 1.82) is 0 Å². The van der Waals surface area contributed by atoms with Crippen molar-refractivity contribution in [3.05, 3.63) is 35.9 Å². The number of amides is 1. The molecule has 1 spiro atoms. The van der Waals surface area contributed by atoms with Crippen LogP contribution in [0, 0.1) is 6.92 Å². The number of benzene rings is 1. The molecular formula is C24H33N5O3. The van der Waals surface area contributed by atoms with E-state index < -0.39 is 5.60 Å². The quantitative estimate of drug-likeness (QED) is 0.763. The zero-order valence-corrected chi connectivity index (χ0v) is 19.4. The van der Waals surface area contributed by atoms with Crippen molar-refractivity contribution in [1.82, 2.24) is 15.1 Å². The van der Waals surface area contributed by atoms with Crippen LogP contribution in [-0.4, -0.2) is 65.2 Å². The van der Waals surface area contributed by atoms with Gasteiger partial charge in [0.2, 0.25) is 0 Å². The fourth-order valence-electron chi connectivity index (χ4n) is 4.42. The molecule has 1 aromatic carbocycles. The van der Waals surface area contributed by atoms with Gasteiger partial charge in [-0.3, -0.25) is 0 Å². The first-order chi connectivity index (χ1) is 15.2. The Labute approximate surface area is 189 Å². The molecule has 2 aliphatic heterocycles. The number of nitrogen functional groups attached to an aromatic ring is 1. The van der Waals surface area contributed by atoms with E-state index in [0.717, 1.165) is 48.4 Å². The lowest BCUT2D eigenvalue weighted by Crippen LogP contribution is -2.58. The van der Waals surface area contributed by atoms with Gasteiger partial charge in [-0.1, -0.05) is 24.3 Å². The number of nitrogens with two attached hydrogens (primary N) is 1. The number of nitrogens with zero attached hydrogens (tertiary/aromatic N) is 4. The monoisotopic (exact) mass is 439 g/mol. The minimum absolute atomic E-state index is 0.270. The van der Waals surface area contributed by atoms with Crippen molar-refractivity contribution in [3.8, 4) is 11.3 Å². The fraction of sp³-hybridized carbons (Fsp3) is 0.542. The number of anilines is 2. The van der Waals surface area contributed by atoms with E-state index in [1.165, 1.54) is 0 Å². The second-order valence-electron chi connectivity index (χ2n) is 9.74. The fourth-order valence-corrected chi connectivity index (χ4v) is 4.42. The summed E-state index contributed by atoms with van der Waals surface area (Å²) in [5.74, 6) is 0.429. The van der Waals surface area contributed by atoms with Gasteiger partial charge in [0.25, 0.3) is 0 Å². The SMILES string of the molecule is Cc1ccccc1-c1cc(N2CCC3(CC2)CN(C(=O)OC(C)(C)C)CCO3)c(N)nn1. The molecule has 1 aromatic heterocycles. The first-order valence-electron chi connectivity index (χ1n) is 11.2. The zero-order chi connectivity index (χ0) is 22.9. The van der Waals surface area contributed by atoms with Crippen LogP contribution in [0.3, 0.4) is 0 Å².